The second kappa shape index (κ2) is 10.2. The molecule has 7 nitrogen and oxygen atoms in total. The Labute approximate surface area is 161 Å². The van der Waals surface area contributed by atoms with Crippen LogP contribution in [0, 0.1) is 11.8 Å². The Morgan fingerprint density at radius 2 is 1.67 bits per heavy atom. The molecule has 27 heavy (non-hydrogen) atoms. The molecule has 0 spiro atoms. The number of amides is 3. The minimum atomic E-state index is -0.494. The molecule has 0 saturated carbocycles. The van der Waals surface area contributed by atoms with Gasteiger partial charge in [0, 0.05) is 37.1 Å². The highest BCUT2D eigenvalue weighted by molar-refractivity contribution is 5.90. The first kappa shape index (κ1) is 21.0. The lowest BCUT2D eigenvalue weighted by Gasteiger charge is -2.36. The highest BCUT2D eigenvalue weighted by atomic mass is 16.5. The number of hydrogen-bond donors (Lipinski definition) is 3. The van der Waals surface area contributed by atoms with Crippen LogP contribution in [-0.4, -0.2) is 49.3 Å². The number of benzene rings is 1. The van der Waals surface area contributed by atoms with Crippen LogP contribution in [0.1, 0.15) is 34.1 Å². The van der Waals surface area contributed by atoms with Gasteiger partial charge in [0.15, 0.2) is 0 Å². The van der Waals surface area contributed by atoms with E-state index < -0.39 is 6.09 Å². The molecule has 0 radical (unpaired) electrons. The van der Waals surface area contributed by atoms with Crippen molar-refractivity contribution in [2.45, 2.75) is 40.2 Å². The van der Waals surface area contributed by atoms with E-state index in [9.17, 15) is 9.59 Å². The summed E-state index contributed by atoms with van der Waals surface area (Å²) >= 11 is 0. The van der Waals surface area contributed by atoms with E-state index in [1.807, 2.05) is 6.92 Å². The predicted molar refractivity (Wildman–Crippen MR) is 108 cm³/mol. The van der Waals surface area contributed by atoms with Gasteiger partial charge in [-0.2, -0.15) is 0 Å². The van der Waals surface area contributed by atoms with Gasteiger partial charge in [-0.15, -0.1) is 0 Å². The molecule has 1 saturated heterocycles. The molecule has 1 heterocycles. The van der Waals surface area contributed by atoms with E-state index in [-0.39, 0.29) is 12.1 Å². The maximum atomic E-state index is 12.2. The van der Waals surface area contributed by atoms with Crippen LogP contribution in [0.15, 0.2) is 24.3 Å². The summed E-state index contributed by atoms with van der Waals surface area (Å²) < 4.78 is 4.83. The molecule has 1 fully saturated rings. The first-order chi connectivity index (χ1) is 12.9. The number of ether oxygens (including phenoxy) is 1. The monoisotopic (exact) mass is 376 g/mol. The van der Waals surface area contributed by atoms with Gasteiger partial charge in [-0.05, 0) is 56.4 Å². The highest BCUT2D eigenvalue weighted by Gasteiger charge is 2.23. The number of carbonyl (C=O) groups is 2. The topological polar surface area (TPSA) is 82.7 Å². The van der Waals surface area contributed by atoms with Crippen molar-refractivity contribution >= 4 is 23.5 Å². The van der Waals surface area contributed by atoms with E-state index in [2.05, 4.69) is 34.7 Å². The third-order valence-electron chi connectivity index (χ3n) is 4.52. The van der Waals surface area contributed by atoms with Crippen LogP contribution in [-0.2, 0) is 4.74 Å². The van der Waals surface area contributed by atoms with Gasteiger partial charge in [0.25, 0.3) is 0 Å². The third-order valence-corrected chi connectivity index (χ3v) is 4.52. The summed E-state index contributed by atoms with van der Waals surface area (Å²) in [4.78, 5) is 26.0. The van der Waals surface area contributed by atoms with Gasteiger partial charge in [0.2, 0.25) is 0 Å². The van der Waals surface area contributed by atoms with Crippen molar-refractivity contribution < 1.29 is 14.3 Å². The summed E-state index contributed by atoms with van der Waals surface area (Å²) in [5.74, 6) is 1.41. The van der Waals surface area contributed by atoms with Gasteiger partial charge in [0.05, 0.1) is 6.61 Å². The minimum Gasteiger partial charge on any atom is -0.450 e. The zero-order chi connectivity index (χ0) is 19.8. The predicted octanol–water partition coefficient (Wildman–Crippen LogP) is 3.74. The van der Waals surface area contributed by atoms with E-state index >= 15 is 0 Å². The normalized spacial score (nSPS) is 21.2. The molecular weight excluding hydrogens is 344 g/mol. The number of piperidine rings is 1. The fourth-order valence-electron chi connectivity index (χ4n) is 3.69. The molecule has 3 amide bonds. The maximum absolute atomic E-state index is 12.2. The second-order valence-corrected chi connectivity index (χ2v) is 7.59. The lowest BCUT2D eigenvalue weighted by Crippen LogP contribution is -2.47. The molecule has 7 heteroatoms. The molecule has 0 unspecified atom stereocenters. The standard InChI is InChI=1S/C20H32N4O3/c1-5-27-20(26)23-18-8-6-17(7-9-18)22-19(25)21-16(4)13-24-11-14(2)10-15(3)12-24/h6-9,14-16H,5,10-13H2,1-4H3,(H,23,26)(H2,21,22,25)/t14-,15-,16-/m1/s1. The van der Waals surface area contributed by atoms with Gasteiger partial charge < -0.3 is 20.3 Å². The van der Waals surface area contributed by atoms with Crippen molar-refractivity contribution in [1.82, 2.24) is 10.2 Å². The highest BCUT2D eigenvalue weighted by Crippen LogP contribution is 2.21. The summed E-state index contributed by atoms with van der Waals surface area (Å²) in [6.07, 6.45) is 0.783. The number of anilines is 2. The number of likely N-dealkylation sites (tertiary alicyclic amines) is 1. The largest absolute Gasteiger partial charge is 0.450 e. The first-order valence-electron chi connectivity index (χ1n) is 9.69. The summed E-state index contributed by atoms with van der Waals surface area (Å²) in [6, 6.07) is 6.73. The van der Waals surface area contributed by atoms with E-state index in [0.29, 0.717) is 29.8 Å². The van der Waals surface area contributed by atoms with Crippen LogP contribution >= 0.6 is 0 Å². The second-order valence-electron chi connectivity index (χ2n) is 7.59. The Morgan fingerprint density at radius 3 is 2.22 bits per heavy atom. The summed E-state index contributed by atoms with van der Waals surface area (Å²) in [5, 5.41) is 8.42. The number of rotatable bonds is 6. The quantitative estimate of drug-likeness (QED) is 0.706. The van der Waals surface area contributed by atoms with Gasteiger partial charge in [0.1, 0.15) is 0 Å². The van der Waals surface area contributed by atoms with Crippen LogP contribution in [0.2, 0.25) is 0 Å². The molecule has 2 rings (SSSR count). The SMILES string of the molecule is CCOC(=O)Nc1ccc(NC(=O)N[C@H](C)CN2C[C@H](C)C[C@@H](C)C2)cc1. The summed E-state index contributed by atoms with van der Waals surface area (Å²) in [7, 11) is 0. The van der Waals surface area contributed by atoms with Crippen LogP contribution < -0.4 is 16.0 Å². The van der Waals surface area contributed by atoms with Crippen LogP contribution in [0.3, 0.4) is 0 Å². The average Bonchev–Trinajstić information content (AvgIpc) is 2.55. The Hall–Kier alpha value is -2.28. The fraction of sp³-hybridized carbons (Fsp3) is 0.600. The van der Waals surface area contributed by atoms with Gasteiger partial charge in [-0.3, -0.25) is 5.32 Å². The van der Waals surface area contributed by atoms with E-state index in [1.54, 1.807) is 31.2 Å². The van der Waals surface area contributed by atoms with Crippen molar-refractivity contribution in [1.29, 1.82) is 0 Å². The van der Waals surface area contributed by atoms with Gasteiger partial charge in [-0.25, -0.2) is 9.59 Å². The van der Waals surface area contributed by atoms with Gasteiger partial charge in [-0.1, -0.05) is 13.8 Å². The Balaban J connectivity index is 1.76. The number of urea groups is 1. The molecule has 1 aromatic rings. The number of nitrogens with one attached hydrogen (secondary N) is 3. The summed E-state index contributed by atoms with van der Waals surface area (Å²) in [5.41, 5.74) is 1.27. The zero-order valence-corrected chi connectivity index (χ0v) is 16.7. The van der Waals surface area contributed by atoms with Crippen molar-refractivity contribution in [2.24, 2.45) is 11.8 Å². The lowest BCUT2D eigenvalue weighted by atomic mass is 9.92. The van der Waals surface area contributed by atoms with Crippen LogP contribution in [0.5, 0.6) is 0 Å². The Kier molecular flexibility index (Phi) is 7.91. The number of hydrogen-bond acceptors (Lipinski definition) is 4. The van der Waals surface area contributed by atoms with E-state index in [0.717, 1.165) is 19.6 Å². The fourth-order valence-corrected chi connectivity index (χ4v) is 3.69. The van der Waals surface area contributed by atoms with Crippen LogP contribution in [0.25, 0.3) is 0 Å². The van der Waals surface area contributed by atoms with Crippen LogP contribution in [0.4, 0.5) is 21.0 Å². The molecule has 1 aliphatic rings. The maximum Gasteiger partial charge on any atom is 0.411 e. The molecular formula is C20H32N4O3. The molecule has 150 valence electrons. The number of nitrogens with zero attached hydrogens (tertiary/aromatic N) is 1. The van der Waals surface area contributed by atoms with Crippen molar-refractivity contribution in [3.63, 3.8) is 0 Å². The Bertz CT molecular complexity index is 610. The number of carbonyl (C=O) groups excluding carboxylic acids is 2. The minimum absolute atomic E-state index is 0.0623. The third kappa shape index (κ3) is 7.46. The van der Waals surface area contributed by atoms with Crippen molar-refractivity contribution in [2.75, 3.05) is 36.9 Å². The van der Waals surface area contributed by atoms with Gasteiger partial charge >= 0.3 is 12.1 Å². The summed E-state index contributed by atoms with van der Waals surface area (Å²) in [6.45, 7) is 11.7. The molecule has 1 aliphatic heterocycles. The molecule has 1 aromatic carbocycles. The first-order valence-corrected chi connectivity index (χ1v) is 9.69. The van der Waals surface area contributed by atoms with Crippen molar-refractivity contribution in [3.05, 3.63) is 24.3 Å². The molecule has 3 atom stereocenters. The molecule has 0 aromatic heterocycles. The average molecular weight is 377 g/mol. The zero-order valence-electron chi connectivity index (χ0n) is 16.7. The lowest BCUT2D eigenvalue weighted by molar-refractivity contribution is 0.132. The van der Waals surface area contributed by atoms with Crippen molar-refractivity contribution in [3.8, 4) is 0 Å². The smallest absolute Gasteiger partial charge is 0.411 e. The van der Waals surface area contributed by atoms with E-state index in [4.69, 9.17) is 4.74 Å². The molecule has 0 bridgehead atoms. The molecule has 0 aliphatic carbocycles. The van der Waals surface area contributed by atoms with E-state index in [1.165, 1.54) is 6.42 Å². The Morgan fingerprint density at radius 1 is 1.11 bits per heavy atom. The molecule has 3 N–H and O–H groups in total.